The first kappa shape index (κ1) is 26.2. The second-order valence-corrected chi connectivity index (χ2v) is 9.28. The number of nitrogens with zero attached hydrogens (tertiary/aromatic N) is 1. The van der Waals surface area contributed by atoms with Crippen LogP contribution < -0.4 is 5.32 Å². The quantitative estimate of drug-likeness (QED) is 0.341. The third-order valence-corrected chi connectivity index (χ3v) is 6.45. The summed E-state index contributed by atoms with van der Waals surface area (Å²) in [5, 5.41) is 3.09. The molecule has 0 spiro atoms. The number of nitrogens with one attached hydrogen (secondary N) is 1. The first-order valence-corrected chi connectivity index (χ1v) is 12.7. The minimum Gasteiger partial charge on any atom is -0.354 e. The molecule has 0 aliphatic carbocycles. The lowest BCUT2D eigenvalue weighted by atomic mass is 10.00. The Morgan fingerprint density at radius 2 is 1.54 bits per heavy atom. The van der Waals surface area contributed by atoms with E-state index in [2.05, 4.69) is 56.4 Å². The van der Waals surface area contributed by atoms with E-state index in [9.17, 15) is 9.59 Å². The molecule has 3 aromatic carbocycles. The highest BCUT2D eigenvalue weighted by Crippen LogP contribution is 2.19. The molecule has 0 aromatic heterocycles. The maximum absolute atomic E-state index is 13.7. The zero-order valence-corrected chi connectivity index (χ0v) is 21.3. The lowest BCUT2D eigenvalue weighted by Crippen LogP contribution is -2.50. The van der Waals surface area contributed by atoms with Crippen molar-refractivity contribution in [2.45, 2.75) is 65.5 Å². The van der Waals surface area contributed by atoms with Crippen molar-refractivity contribution in [1.82, 2.24) is 10.2 Å². The summed E-state index contributed by atoms with van der Waals surface area (Å²) in [5.74, 6) is -0.0834. The predicted octanol–water partition coefficient (Wildman–Crippen LogP) is 5.79. The maximum Gasteiger partial charge on any atom is 0.243 e. The Kier molecular flexibility index (Phi) is 10.1. The Balaban J connectivity index is 1.88. The molecular weight excluding hydrogens is 432 g/mol. The van der Waals surface area contributed by atoms with Crippen molar-refractivity contribution in [3.8, 4) is 0 Å². The second kappa shape index (κ2) is 13.5. The van der Waals surface area contributed by atoms with Crippen LogP contribution in [0.25, 0.3) is 0 Å². The summed E-state index contributed by atoms with van der Waals surface area (Å²) in [5.41, 5.74) is 5.56. The average molecular weight is 471 g/mol. The number of hydrogen-bond donors (Lipinski definition) is 1. The largest absolute Gasteiger partial charge is 0.354 e. The molecule has 0 bridgehead atoms. The summed E-state index contributed by atoms with van der Waals surface area (Å²) < 4.78 is 0. The summed E-state index contributed by atoms with van der Waals surface area (Å²) in [6, 6.07) is 25.8. The molecule has 1 unspecified atom stereocenters. The minimum absolute atomic E-state index is 0.000371. The molecule has 0 aliphatic rings. The van der Waals surface area contributed by atoms with E-state index in [0.29, 0.717) is 32.4 Å². The highest BCUT2D eigenvalue weighted by atomic mass is 16.2. The van der Waals surface area contributed by atoms with Crippen molar-refractivity contribution in [3.05, 3.63) is 107 Å². The van der Waals surface area contributed by atoms with E-state index in [1.54, 1.807) is 4.90 Å². The third kappa shape index (κ3) is 8.10. The first-order chi connectivity index (χ1) is 17.0. The van der Waals surface area contributed by atoms with E-state index in [0.717, 1.165) is 35.1 Å². The highest BCUT2D eigenvalue weighted by Gasteiger charge is 2.30. The highest BCUT2D eigenvalue weighted by molar-refractivity contribution is 5.88. The predicted molar refractivity (Wildman–Crippen MR) is 143 cm³/mol. The SMILES string of the molecule is CCCCNC(=O)C(Cc1ccccc1)N(Cc1ccccc1C)C(=O)CCc1ccc(C)cc1. The molecule has 2 amide bonds. The summed E-state index contributed by atoms with van der Waals surface area (Å²) in [7, 11) is 0. The van der Waals surface area contributed by atoms with Gasteiger partial charge in [0, 0.05) is 25.9 Å². The van der Waals surface area contributed by atoms with Crippen LogP contribution in [-0.4, -0.2) is 29.3 Å². The van der Waals surface area contributed by atoms with Gasteiger partial charge in [-0.15, -0.1) is 0 Å². The fourth-order valence-corrected chi connectivity index (χ4v) is 4.18. The van der Waals surface area contributed by atoms with Crippen molar-refractivity contribution in [2.24, 2.45) is 0 Å². The normalized spacial score (nSPS) is 11.6. The molecule has 3 aromatic rings. The topological polar surface area (TPSA) is 49.4 Å². The standard InChI is InChI=1S/C31H38N2O2/c1-4-5-21-32-31(35)29(22-27-12-7-6-8-13-27)33(23-28-14-10-9-11-25(28)3)30(34)20-19-26-17-15-24(2)16-18-26/h6-18,29H,4-5,19-23H2,1-3H3,(H,32,35). The Hall–Kier alpha value is -3.40. The zero-order valence-electron chi connectivity index (χ0n) is 21.3. The molecule has 184 valence electrons. The molecule has 0 heterocycles. The number of carbonyl (C=O) groups excluding carboxylic acids is 2. The van der Waals surface area contributed by atoms with Crippen molar-refractivity contribution in [3.63, 3.8) is 0 Å². The van der Waals surface area contributed by atoms with E-state index in [4.69, 9.17) is 0 Å². The van der Waals surface area contributed by atoms with Crippen molar-refractivity contribution >= 4 is 11.8 Å². The Morgan fingerprint density at radius 1 is 0.857 bits per heavy atom. The van der Waals surface area contributed by atoms with Crippen LogP contribution in [0.4, 0.5) is 0 Å². The lowest BCUT2D eigenvalue weighted by Gasteiger charge is -2.32. The Bertz CT molecular complexity index is 1080. The van der Waals surface area contributed by atoms with Crippen LogP contribution in [0.5, 0.6) is 0 Å². The van der Waals surface area contributed by atoms with Gasteiger partial charge in [0.2, 0.25) is 11.8 Å². The molecule has 4 heteroatoms. The number of rotatable bonds is 12. The number of unbranched alkanes of at least 4 members (excludes halogenated alkanes) is 1. The van der Waals surface area contributed by atoms with Gasteiger partial charge in [-0.2, -0.15) is 0 Å². The smallest absolute Gasteiger partial charge is 0.243 e. The first-order valence-electron chi connectivity index (χ1n) is 12.7. The van der Waals surface area contributed by atoms with E-state index >= 15 is 0 Å². The average Bonchev–Trinajstić information content (AvgIpc) is 2.87. The van der Waals surface area contributed by atoms with E-state index in [1.165, 1.54) is 5.56 Å². The van der Waals surface area contributed by atoms with Gasteiger partial charge in [0.25, 0.3) is 0 Å². The fraction of sp³-hybridized carbons (Fsp3) is 0.355. The van der Waals surface area contributed by atoms with E-state index in [1.807, 2.05) is 48.5 Å². The molecular formula is C31H38N2O2. The molecule has 0 saturated carbocycles. The number of benzene rings is 3. The van der Waals surface area contributed by atoms with Gasteiger partial charge in [-0.25, -0.2) is 0 Å². The van der Waals surface area contributed by atoms with Crippen LogP contribution in [0, 0.1) is 13.8 Å². The number of amides is 2. The molecule has 0 radical (unpaired) electrons. The molecule has 0 aliphatic heterocycles. The van der Waals surface area contributed by atoms with Gasteiger partial charge in [0.15, 0.2) is 0 Å². The van der Waals surface area contributed by atoms with Crippen LogP contribution in [-0.2, 0) is 29.0 Å². The number of aryl methyl sites for hydroxylation is 3. The van der Waals surface area contributed by atoms with Crippen molar-refractivity contribution < 1.29 is 9.59 Å². The lowest BCUT2D eigenvalue weighted by molar-refractivity contribution is -0.141. The van der Waals surface area contributed by atoms with Crippen molar-refractivity contribution in [1.29, 1.82) is 0 Å². The van der Waals surface area contributed by atoms with Crippen molar-refractivity contribution in [2.75, 3.05) is 6.54 Å². The molecule has 0 saturated heterocycles. The van der Waals surface area contributed by atoms with Gasteiger partial charge < -0.3 is 10.2 Å². The van der Waals surface area contributed by atoms with Gasteiger partial charge in [0.05, 0.1) is 0 Å². The van der Waals surface area contributed by atoms with Gasteiger partial charge in [-0.3, -0.25) is 9.59 Å². The molecule has 1 atom stereocenters. The van der Waals surface area contributed by atoms with Crippen LogP contribution in [0.2, 0.25) is 0 Å². The second-order valence-electron chi connectivity index (χ2n) is 9.28. The summed E-state index contributed by atoms with van der Waals surface area (Å²) in [6.45, 7) is 7.25. The van der Waals surface area contributed by atoms with Gasteiger partial charge in [-0.1, -0.05) is 97.8 Å². The molecule has 0 fully saturated rings. The van der Waals surface area contributed by atoms with Gasteiger partial charge in [-0.05, 0) is 48.9 Å². The Morgan fingerprint density at radius 3 is 2.23 bits per heavy atom. The number of hydrogen-bond acceptors (Lipinski definition) is 2. The molecule has 4 nitrogen and oxygen atoms in total. The van der Waals surface area contributed by atoms with Gasteiger partial charge in [0.1, 0.15) is 6.04 Å². The summed E-state index contributed by atoms with van der Waals surface area (Å²) in [4.78, 5) is 29.0. The molecule has 35 heavy (non-hydrogen) atoms. The van der Waals surface area contributed by atoms with E-state index < -0.39 is 6.04 Å². The van der Waals surface area contributed by atoms with Crippen LogP contribution in [0.1, 0.15) is 54.0 Å². The maximum atomic E-state index is 13.7. The third-order valence-electron chi connectivity index (χ3n) is 6.45. The van der Waals surface area contributed by atoms with Gasteiger partial charge >= 0.3 is 0 Å². The Labute approximate surface area is 210 Å². The summed E-state index contributed by atoms with van der Waals surface area (Å²) in [6.07, 6.45) is 3.43. The van der Waals surface area contributed by atoms with Crippen LogP contribution >= 0.6 is 0 Å². The number of carbonyl (C=O) groups is 2. The van der Waals surface area contributed by atoms with E-state index in [-0.39, 0.29) is 11.8 Å². The molecule has 1 N–H and O–H groups in total. The zero-order chi connectivity index (χ0) is 25.0. The summed E-state index contributed by atoms with van der Waals surface area (Å²) >= 11 is 0. The van der Waals surface area contributed by atoms with Crippen LogP contribution in [0.3, 0.4) is 0 Å². The van der Waals surface area contributed by atoms with Crippen LogP contribution in [0.15, 0.2) is 78.9 Å². The minimum atomic E-state index is -0.570. The molecule has 3 rings (SSSR count). The fourth-order valence-electron chi connectivity index (χ4n) is 4.18. The monoisotopic (exact) mass is 470 g/mol.